The van der Waals surface area contributed by atoms with Gasteiger partial charge in [0, 0.05) is 23.4 Å². The Balaban J connectivity index is 1.61. The molecule has 8 heteroatoms. The second-order valence-electron chi connectivity index (χ2n) is 8.05. The predicted octanol–water partition coefficient (Wildman–Crippen LogP) is 4.09. The number of urea groups is 1. The lowest BCUT2D eigenvalue weighted by Crippen LogP contribution is -2.57. The van der Waals surface area contributed by atoms with Gasteiger partial charge in [0.15, 0.2) is 6.29 Å². The van der Waals surface area contributed by atoms with Gasteiger partial charge < -0.3 is 10.6 Å². The topological polar surface area (TPSA) is 100 Å². The van der Waals surface area contributed by atoms with Crippen LogP contribution in [0.4, 0.5) is 16.3 Å². The Hall–Kier alpha value is -3.65. The number of anilines is 2. The molecule has 0 bridgehead atoms. The smallest absolute Gasteiger partial charge is 0.322 e. The molecule has 0 saturated carbocycles. The Kier molecular flexibility index (Phi) is 6.23. The highest BCUT2D eigenvalue weighted by atomic mass is 16.2. The van der Waals surface area contributed by atoms with Crippen LogP contribution in [0.25, 0.3) is 11.3 Å². The summed E-state index contributed by atoms with van der Waals surface area (Å²) in [5.41, 5.74) is 3.40. The quantitative estimate of drug-likeness (QED) is 0.488. The number of nitrogens with one attached hydrogen (secondary N) is 4. The summed E-state index contributed by atoms with van der Waals surface area (Å²) in [6, 6.07) is 18.6. The van der Waals surface area contributed by atoms with E-state index in [-0.39, 0.29) is 17.9 Å². The minimum absolute atomic E-state index is 0.0302. The van der Waals surface area contributed by atoms with Crippen LogP contribution in [0.2, 0.25) is 0 Å². The molecule has 1 saturated heterocycles. The first-order chi connectivity index (χ1) is 15.4. The maximum atomic E-state index is 12.7. The van der Waals surface area contributed by atoms with Crippen LogP contribution in [-0.4, -0.2) is 27.8 Å². The number of carbonyl (C=O) groups is 2. The van der Waals surface area contributed by atoms with Gasteiger partial charge >= 0.3 is 6.03 Å². The van der Waals surface area contributed by atoms with Gasteiger partial charge in [-0.3, -0.25) is 15.4 Å². The number of aromatic nitrogens is 2. The summed E-state index contributed by atoms with van der Waals surface area (Å²) in [5, 5.41) is 16.8. The predicted molar refractivity (Wildman–Crippen MR) is 125 cm³/mol. The molecule has 0 spiro atoms. The molecule has 0 radical (unpaired) electrons. The summed E-state index contributed by atoms with van der Waals surface area (Å²) in [6.45, 7) is 5.97. The lowest BCUT2D eigenvalue weighted by molar-refractivity contribution is -0.130. The highest BCUT2D eigenvalue weighted by Crippen LogP contribution is 2.26. The van der Waals surface area contributed by atoms with Gasteiger partial charge in [0.25, 0.3) is 0 Å². The van der Waals surface area contributed by atoms with E-state index < -0.39 is 12.3 Å². The van der Waals surface area contributed by atoms with Crippen molar-refractivity contribution < 1.29 is 9.59 Å². The zero-order valence-electron chi connectivity index (χ0n) is 18.4. The largest absolute Gasteiger partial charge is 0.324 e. The Morgan fingerprint density at radius 1 is 1.09 bits per heavy atom. The molecule has 4 N–H and O–H groups in total. The van der Waals surface area contributed by atoms with Gasteiger partial charge in [0.05, 0.1) is 11.6 Å². The number of rotatable bonds is 5. The fourth-order valence-corrected chi connectivity index (χ4v) is 3.90. The fraction of sp³-hybridized carbons (Fsp3) is 0.292. The van der Waals surface area contributed by atoms with Crippen molar-refractivity contribution in [3.05, 3.63) is 66.2 Å². The molecule has 0 aliphatic carbocycles. The Bertz CT molecular complexity index is 1090. The molecule has 3 atom stereocenters. The summed E-state index contributed by atoms with van der Waals surface area (Å²) < 4.78 is 1.61. The van der Waals surface area contributed by atoms with Crippen LogP contribution in [-0.2, 0) is 4.79 Å². The third-order valence-corrected chi connectivity index (χ3v) is 5.68. The van der Waals surface area contributed by atoms with Crippen molar-refractivity contribution in [2.24, 2.45) is 5.92 Å². The molecule has 32 heavy (non-hydrogen) atoms. The monoisotopic (exact) mass is 432 g/mol. The number of carbonyl (C=O) groups excluding carboxylic acids is 2. The molecular weight excluding hydrogens is 404 g/mol. The van der Waals surface area contributed by atoms with Crippen LogP contribution in [0.15, 0.2) is 60.7 Å². The van der Waals surface area contributed by atoms with Gasteiger partial charge in [-0.25, -0.2) is 9.48 Å². The number of aryl methyl sites for hydroxylation is 1. The molecule has 3 unspecified atom stereocenters. The average Bonchev–Trinajstić information content (AvgIpc) is 3.19. The number of hydrogen-bond donors (Lipinski definition) is 4. The van der Waals surface area contributed by atoms with Crippen molar-refractivity contribution in [2.75, 3.05) is 10.6 Å². The van der Waals surface area contributed by atoms with E-state index in [4.69, 9.17) is 5.10 Å². The highest BCUT2D eigenvalue weighted by Gasteiger charge is 2.34. The zero-order chi connectivity index (χ0) is 22.7. The van der Waals surface area contributed by atoms with E-state index in [1.54, 1.807) is 10.7 Å². The molecule has 1 fully saturated rings. The molecule has 8 nitrogen and oxygen atoms in total. The molecule has 1 aromatic heterocycles. The van der Waals surface area contributed by atoms with Crippen LogP contribution in [0.3, 0.4) is 0 Å². The standard InChI is InChI=1S/C24H28N6O2/c1-4-19-16(3)25-23(28-22(19)31)30-21(14-20(29-30)17-8-6-5-7-9-17)27-24(32)26-18-12-10-15(2)11-13-18/h5-14,16,19,23,25H,4H2,1-3H3,(H,28,31)(H2,26,27,32). The summed E-state index contributed by atoms with van der Waals surface area (Å²) in [6.07, 6.45) is 0.165. The summed E-state index contributed by atoms with van der Waals surface area (Å²) in [7, 11) is 0. The summed E-state index contributed by atoms with van der Waals surface area (Å²) in [5.74, 6) is 0.320. The Morgan fingerprint density at radius 2 is 1.81 bits per heavy atom. The minimum atomic E-state index is -0.576. The summed E-state index contributed by atoms with van der Waals surface area (Å²) >= 11 is 0. The molecule has 3 aromatic rings. The minimum Gasteiger partial charge on any atom is -0.322 e. The van der Waals surface area contributed by atoms with E-state index in [1.807, 2.05) is 75.4 Å². The first-order valence-corrected chi connectivity index (χ1v) is 10.8. The van der Waals surface area contributed by atoms with Gasteiger partial charge in [-0.15, -0.1) is 0 Å². The van der Waals surface area contributed by atoms with E-state index >= 15 is 0 Å². The lowest BCUT2D eigenvalue weighted by Gasteiger charge is -2.35. The van der Waals surface area contributed by atoms with E-state index in [2.05, 4.69) is 21.3 Å². The van der Waals surface area contributed by atoms with Crippen LogP contribution < -0.4 is 21.3 Å². The molecule has 1 aliphatic rings. The van der Waals surface area contributed by atoms with E-state index in [0.29, 0.717) is 17.2 Å². The normalized spacial score (nSPS) is 20.5. The Morgan fingerprint density at radius 3 is 2.47 bits per heavy atom. The molecular formula is C24H28N6O2. The molecule has 166 valence electrons. The average molecular weight is 433 g/mol. The fourth-order valence-electron chi connectivity index (χ4n) is 3.90. The first kappa shape index (κ1) is 21.6. The maximum absolute atomic E-state index is 12.7. The molecule has 4 rings (SSSR count). The van der Waals surface area contributed by atoms with Gasteiger partial charge in [0.1, 0.15) is 5.82 Å². The van der Waals surface area contributed by atoms with E-state index in [9.17, 15) is 9.59 Å². The molecule has 1 aliphatic heterocycles. The molecule has 2 aromatic carbocycles. The summed E-state index contributed by atoms with van der Waals surface area (Å²) in [4.78, 5) is 25.3. The van der Waals surface area contributed by atoms with Crippen molar-refractivity contribution in [2.45, 2.75) is 39.5 Å². The van der Waals surface area contributed by atoms with Crippen molar-refractivity contribution in [1.29, 1.82) is 0 Å². The third kappa shape index (κ3) is 4.65. The second kappa shape index (κ2) is 9.23. The van der Waals surface area contributed by atoms with Crippen molar-refractivity contribution in [3.8, 4) is 11.3 Å². The van der Waals surface area contributed by atoms with Gasteiger partial charge in [0.2, 0.25) is 5.91 Å². The number of amides is 3. The van der Waals surface area contributed by atoms with Crippen LogP contribution in [0.5, 0.6) is 0 Å². The Labute approximate surface area is 187 Å². The number of hydrogen-bond acceptors (Lipinski definition) is 4. The second-order valence-corrected chi connectivity index (χ2v) is 8.05. The highest BCUT2D eigenvalue weighted by molar-refractivity contribution is 5.99. The van der Waals surface area contributed by atoms with E-state index in [1.165, 1.54) is 0 Å². The van der Waals surface area contributed by atoms with Crippen molar-refractivity contribution in [3.63, 3.8) is 0 Å². The van der Waals surface area contributed by atoms with Crippen LogP contribution in [0.1, 0.15) is 32.1 Å². The first-order valence-electron chi connectivity index (χ1n) is 10.8. The van der Waals surface area contributed by atoms with Gasteiger partial charge in [-0.05, 0) is 32.4 Å². The van der Waals surface area contributed by atoms with Gasteiger partial charge in [-0.2, -0.15) is 5.10 Å². The van der Waals surface area contributed by atoms with Crippen LogP contribution in [0, 0.1) is 12.8 Å². The van der Waals surface area contributed by atoms with Crippen molar-refractivity contribution >= 4 is 23.4 Å². The number of benzene rings is 2. The lowest BCUT2D eigenvalue weighted by atomic mass is 9.95. The van der Waals surface area contributed by atoms with Crippen molar-refractivity contribution in [1.82, 2.24) is 20.4 Å². The molecule has 3 amide bonds. The SMILES string of the molecule is CCC1C(=O)NC(n2nc(-c3ccccc3)cc2NC(=O)Nc2ccc(C)cc2)NC1C. The van der Waals surface area contributed by atoms with E-state index in [0.717, 1.165) is 17.5 Å². The van der Waals surface area contributed by atoms with Crippen LogP contribution >= 0.6 is 0 Å². The molecule has 2 heterocycles. The zero-order valence-corrected chi connectivity index (χ0v) is 18.4. The van der Waals surface area contributed by atoms with Gasteiger partial charge in [-0.1, -0.05) is 55.0 Å². The third-order valence-electron chi connectivity index (χ3n) is 5.68. The number of nitrogens with zero attached hydrogens (tertiary/aromatic N) is 2. The maximum Gasteiger partial charge on any atom is 0.324 e.